The molecular weight excluding hydrogens is 403 g/mol. The van der Waals surface area contributed by atoms with Gasteiger partial charge in [-0.1, -0.05) is 35.4 Å². The maximum absolute atomic E-state index is 14.4. The van der Waals surface area contributed by atoms with Gasteiger partial charge in [0.25, 0.3) is 15.9 Å². The summed E-state index contributed by atoms with van der Waals surface area (Å²) in [7, 11) is -3.97. The minimum absolute atomic E-state index is 0.140. The number of hydrogen-bond donors (Lipinski definition) is 2. The van der Waals surface area contributed by atoms with Gasteiger partial charge < -0.3 is 5.32 Å². The number of hydrogen-bond acceptors (Lipinski definition) is 3. The fourth-order valence-corrected chi connectivity index (χ4v) is 3.68. The van der Waals surface area contributed by atoms with Gasteiger partial charge in [0.15, 0.2) is 0 Å². The molecule has 3 aromatic carbocycles. The smallest absolute Gasteiger partial charge is 0.261 e. The maximum atomic E-state index is 14.4. The summed E-state index contributed by atoms with van der Waals surface area (Å²) in [5, 5.41) is 2.77. The zero-order valence-corrected chi connectivity index (χ0v) is 16.3. The van der Waals surface area contributed by atoms with Crippen LogP contribution in [0.3, 0.4) is 0 Å². The lowest BCUT2D eigenvalue weighted by Gasteiger charge is -2.11. The van der Waals surface area contributed by atoms with Crippen LogP contribution in [0.25, 0.3) is 0 Å². The topological polar surface area (TPSA) is 75.3 Å². The Morgan fingerprint density at radius 1 is 1.00 bits per heavy atom. The maximum Gasteiger partial charge on any atom is 0.261 e. The first-order chi connectivity index (χ1) is 13.2. The highest BCUT2D eigenvalue weighted by Crippen LogP contribution is 2.22. The second-order valence-electron chi connectivity index (χ2n) is 6.08. The molecule has 0 aliphatic heterocycles. The quantitative estimate of drug-likeness (QED) is 0.622. The van der Waals surface area contributed by atoms with Crippen molar-refractivity contribution in [3.8, 4) is 0 Å². The van der Waals surface area contributed by atoms with Crippen LogP contribution in [0, 0.1) is 12.7 Å². The van der Waals surface area contributed by atoms with Crippen molar-refractivity contribution in [1.29, 1.82) is 0 Å². The molecule has 1 amide bonds. The van der Waals surface area contributed by atoms with E-state index in [4.69, 9.17) is 11.6 Å². The summed E-state index contributed by atoms with van der Waals surface area (Å²) in [5.41, 5.74) is 1.46. The van der Waals surface area contributed by atoms with Crippen LogP contribution in [-0.4, -0.2) is 14.3 Å². The number of benzene rings is 3. The summed E-state index contributed by atoms with van der Waals surface area (Å²) >= 11 is 5.84. The van der Waals surface area contributed by atoms with Crippen LogP contribution in [-0.2, 0) is 10.0 Å². The molecule has 28 heavy (non-hydrogen) atoms. The Balaban J connectivity index is 1.79. The van der Waals surface area contributed by atoms with E-state index in [9.17, 15) is 17.6 Å². The van der Waals surface area contributed by atoms with Gasteiger partial charge in [-0.2, -0.15) is 0 Å². The molecule has 0 spiro atoms. The third kappa shape index (κ3) is 4.68. The predicted molar refractivity (Wildman–Crippen MR) is 108 cm³/mol. The van der Waals surface area contributed by atoms with E-state index in [-0.39, 0.29) is 16.1 Å². The Hall–Kier alpha value is -2.90. The Morgan fingerprint density at radius 2 is 1.71 bits per heavy atom. The van der Waals surface area contributed by atoms with E-state index in [2.05, 4.69) is 10.0 Å². The van der Waals surface area contributed by atoms with E-state index in [0.29, 0.717) is 10.7 Å². The highest BCUT2D eigenvalue weighted by atomic mass is 35.5. The third-order valence-electron chi connectivity index (χ3n) is 3.89. The van der Waals surface area contributed by atoms with E-state index in [1.807, 2.05) is 6.92 Å². The monoisotopic (exact) mass is 418 g/mol. The van der Waals surface area contributed by atoms with Crippen LogP contribution in [0.15, 0.2) is 71.6 Å². The largest absolute Gasteiger partial charge is 0.319 e. The Bertz CT molecular complexity index is 1130. The summed E-state index contributed by atoms with van der Waals surface area (Å²) in [6.45, 7) is 1.88. The summed E-state index contributed by atoms with van der Waals surface area (Å²) < 4.78 is 41.7. The van der Waals surface area contributed by atoms with Gasteiger partial charge in [0, 0.05) is 16.3 Å². The molecule has 144 valence electrons. The van der Waals surface area contributed by atoms with Crippen molar-refractivity contribution in [3.05, 3.63) is 88.7 Å². The van der Waals surface area contributed by atoms with Crippen molar-refractivity contribution >= 4 is 38.9 Å². The molecule has 5 nitrogen and oxygen atoms in total. The van der Waals surface area contributed by atoms with Crippen molar-refractivity contribution in [2.75, 3.05) is 10.0 Å². The fourth-order valence-electron chi connectivity index (χ4n) is 2.42. The van der Waals surface area contributed by atoms with Gasteiger partial charge in [-0.05, 0) is 55.5 Å². The number of amides is 1. The highest BCUT2D eigenvalue weighted by Gasteiger charge is 2.18. The van der Waals surface area contributed by atoms with Crippen LogP contribution < -0.4 is 10.0 Å². The number of carbonyl (C=O) groups excluding carboxylic acids is 1. The standard InChI is InChI=1S/C20H16ClFN2O3S/c1-13-5-7-16(8-6-13)24-28(26,27)17-9-10-19(18(22)12-17)23-20(25)14-3-2-4-15(21)11-14/h2-12,24H,1H3,(H,23,25). The van der Waals surface area contributed by atoms with Crippen LogP contribution in [0.2, 0.25) is 5.02 Å². The molecule has 3 rings (SSSR count). The molecule has 0 aliphatic rings. The second-order valence-corrected chi connectivity index (χ2v) is 8.20. The van der Waals surface area contributed by atoms with Gasteiger partial charge in [-0.3, -0.25) is 9.52 Å². The Labute approximate surface area is 167 Å². The molecule has 0 unspecified atom stereocenters. The lowest BCUT2D eigenvalue weighted by molar-refractivity contribution is 0.102. The van der Waals surface area contributed by atoms with E-state index < -0.39 is 21.7 Å². The Morgan fingerprint density at radius 3 is 2.36 bits per heavy atom. The Kier molecular flexibility index (Phi) is 5.67. The lowest BCUT2D eigenvalue weighted by atomic mass is 10.2. The fraction of sp³-hybridized carbons (Fsp3) is 0.0500. The SMILES string of the molecule is Cc1ccc(NS(=O)(=O)c2ccc(NC(=O)c3cccc(Cl)c3)c(F)c2)cc1. The van der Waals surface area contributed by atoms with Gasteiger partial charge >= 0.3 is 0 Å². The first kappa shape index (κ1) is 19.9. The summed E-state index contributed by atoms with van der Waals surface area (Å²) in [6.07, 6.45) is 0. The predicted octanol–water partition coefficient (Wildman–Crippen LogP) is 4.84. The molecule has 8 heteroatoms. The molecule has 0 saturated heterocycles. The summed E-state index contributed by atoms with van der Waals surface area (Å²) in [5.74, 6) is -1.43. The average Bonchev–Trinajstić information content (AvgIpc) is 2.65. The van der Waals surface area contributed by atoms with Gasteiger partial charge in [-0.15, -0.1) is 0 Å². The zero-order chi connectivity index (χ0) is 20.3. The van der Waals surface area contributed by atoms with Crippen molar-refractivity contribution in [3.63, 3.8) is 0 Å². The minimum Gasteiger partial charge on any atom is -0.319 e. The molecule has 0 bridgehead atoms. The number of carbonyl (C=O) groups is 1. The van der Waals surface area contributed by atoms with Crippen LogP contribution in [0.4, 0.5) is 15.8 Å². The number of nitrogens with one attached hydrogen (secondary N) is 2. The van der Waals surface area contributed by atoms with Gasteiger partial charge in [-0.25, -0.2) is 12.8 Å². The van der Waals surface area contributed by atoms with Gasteiger partial charge in [0.2, 0.25) is 0 Å². The first-order valence-corrected chi connectivity index (χ1v) is 10.1. The second kappa shape index (κ2) is 8.00. The third-order valence-corrected chi connectivity index (χ3v) is 5.50. The van der Waals surface area contributed by atoms with Crippen LogP contribution >= 0.6 is 11.6 Å². The molecule has 0 heterocycles. The number of aryl methyl sites for hydroxylation is 1. The number of halogens is 2. The normalized spacial score (nSPS) is 11.1. The van der Waals surface area contributed by atoms with E-state index in [1.54, 1.807) is 36.4 Å². The molecule has 0 saturated carbocycles. The van der Waals surface area contributed by atoms with Crippen molar-refractivity contribution < 1.29 is 17.6 Å². The van der Waals surface area contributed by atoms with E-state index in [0.717, 1.165) is 11.6 Å². The molecule has 0 radical (unpaired) electrons. The minimum atomic E-state index is -3.97. The van der Waals surface area contributed by atoms with Gasteiger partial charge in [0.05, 0.1) is 10.6 Å². The molecule has 0 aliphatic carbocycles. The molecule has 0 atom stereocenters. The van der Waals surface area contributed by atoms with Crippen LogP contribution in [0.5, 0.6) is 0 Å². The number of rotatable bonds is 5. The first-order valence-electron chi connectivity index (χ1n) is 8.20. The summed E-state index contributed by atoms with van der Waals surface area (Å²) in [6, 6.07) is 16.2. The number of sulfonamides is 1. The number of anilines is 2. The zero-order valence-electron chi connectivity index (χ0n) is 14.7. The molecule has 0 fully saturated rings. The van der Waals surface area contributed by atoms with Gasteiger partial charge in [0.1, 0.15) is 5.82 Å². The van der Waals surface area contributed by atoms with Crippen molar-refractivity contribution in [1.82, 2.24) is 0 Å². The van der Waals surface area contributed by atoms with E-state index >= 15 is 0 Å². The molecule has 3 aromatic rings. The van der Waals surface area contributed by atoms with Crippen molar-refractivity contribution in [2.45, 2.75) is 11.8 Å². The lowest BCUT2D eigenvalue weighted by Crippen LogP contribution is -2.15. The molecule has 0 aromatic heterocycles. The highest BCUT2D eigenvalue weighted by molar-refractivity contribution is 7.92. The average molecular weight is 419 g/mol. The molecule has 2 N–H and O–H groups in total. The van der Waals surface area contributed by atoms with E-state index in [1.165, 1.54) is 24.3 Å². The van der Waals surface area contributed by atoms with Crippen molar-refractivity contribution in [2.24, 2.45) is 0 Å². The molecular formula is C20H16ClFN2O3S. The summed E-state index contributed by atoms with van der Waals surface area (Å²) in [4.78, 5) is 11.9. The van der Waals surface area contributed by atoms with Crippen LogP contribution in [0.1, 0.15) is 15.9 Å².